The lowest BCUT2D eigenvalue weighted by Crippen LogP contribution is -2.63. The first-order valence-corrected chi connectivity index (χ1v) is 14.0. The zero-order valence-corrected chi connectivity index (χ0v) is 21.5. The van der Waals surface area contributed by atoms with Crippen molar-refractivity contribution in [1.82, 2.24) is 4.98 Å². The molecule has 0 N–H and O–H groups in total. The van der Waals surface area contributed by atoms with Crippen LogP contribution in [0.15, 0.2) is 65.2 Å². The van der Waals surface area contributed by atoms with Crippen molar-refractivity contribution in [3.63, 3.8) is 0 Å². The van der Waals surface area contributed by atoms with Crippen molar-refractivity contribution < 1.29 is 23.1 Å². The van der Waals surface area contributed by atoms with Crippen LogP contribution in [0.5, 0.6) is 0 Å². The Labute approximate surface area is 218 Å². The highest BCUT2D eigenvalue weighted by Gasteiger charge is 2.47. The minimum absolute atomic E-state index is 0.0101. The van der Waals surface area contributed by atoms with Gasteiger partial charge in [0, 0.05) is 24.3 Å². The molecule has 0 spiro atoms. The standard InChI is InChI=1S/C31H37FN2O3/c32-28-14-8-7-9-24(28)22-36-29-21-34(17-15-23(29)16-18-34)20-27-19-33-30(37-27)31(35,25-10-3-1-4-11-25)26-12-5-2-6-13-26/h1,3-4,7-11,14,19,23,26,29H,2,5-6,12-13,15-18,20-22H2/t23?,29-,31-,34?/m0/s1. The van der Waals surface area contributed by atoms with Crippen molar-refractivity contribution in [1.29, 1.82) is 0 Å². The third-order valence-electron chi connectivity index (χ3n) is 9.20. The van der Waals surface area contributed by atoms with E-state index in [-0.39, 0.29) is 17.8 Å². The fourth-order valence-electron chi connectivity index (χ4n) is 7.06. The molecule has 1 saturated carbocycles. The van der Waals surface area contributed by atoms with Crippen LogP contribution in [0, 0.1) is 17.7 Å². The van der Waals surface area contributed by atoms with E-state index in [1.54, 1.807) is 18.3 Å². The zero-order chi connectivity index (χ0) is 25.3. The summed E-state index contributed by atoms with van der Waals surface area (Å²) in [6.45, 7) is 4.05. The summed E-state index contributed by atoms with van der Waals surface area (Å²) in [6, 6.07) is 16.5. The largest absolute Gasteiger partial charge is 0.839 e. The van der Waals surface area contributed by atoms with Gasteiger partial charge >= 0.3 is 0 Å². The molecule has 4 fully saturated rings. The molecule has 2 atom stereocenters. The van der Waals surface area contributed by atoms with E-state index < -0.39 is 5.60 Å². The number of quaternary nitrogens is 1. The van der Waals surface area contributed by atoms with Crippen LogP contribution in [0.3, 0.4) is 0 Å². The minimum atomic E-state index is -1.46. The van der Waals surface area contributed by atoms with Crippen molar-refractivity contribution in [2.75, 3.05) is 19.6 Å². The average molecular weight is 505 g/mol. The number of oxazole rings is 1. The summed E-state index contributed by atoms with van der Waals surface area (Å²) in [7, 11) is 0. The van der Waals surface area contributed by atoms with E-state index >= 15 is 0 Å². The molecular formula is C31H37FN2O3. The van der Waals surface area contributed by atoms with Gasteiger partial charge in [0.1, 0.15) is 25.0 Å². The maximum absolute atomic E-state index is 14.6. The van der Waals surface area contributed by atoms with Crippen LogP contribution in [-0.2, 0) is 23.5 Å². The fourth-order valence-corrected chi connectivity index (χ4v) is 7.06. The third kappa shape index (κ3) is 4.87. The molecule has 1 aliphatic carbocycles. The van der Waals surface area contributed by atoms with Crippen molar-refractivity contribution >= 4 is 0 Å². The molecule has 3 aliphatic heterocycles. The molecule has 37 heavy (non-hydrogen) atoms. The average Bonchev–Trinajstić information content (AvgIpc) is 3.42. The molecule has 3 saturated heterocycles. The van der Waals surface area contributed by atoms with Crippen LogP contribution < -0.4 is 5.11 Å². The normalized spacial score (nSPS) is 27.7. The second-order valence-corrected chi connectivity index (χ2v) is 11.5. The van der Waals surface area contributed by atoms with Gasteiger partial charge in [-0.1, -0.05) is 80.6 Å². The Morgan fingerprint density at radius 3 is 2.46 bits per heavy atom. The second kappa shape index (κ2) is 10.3. The molecule has 2 aromatic carbocycles. The first-order valence-electron chi connectivity index (χ1n) is 14.0. The number of ether oxygens (including phenoxy) is 1. The quantitative estimate of drug-likeness (QED) is 0.390. The van der Waals surface area contributed by atoms with Crippen LogP contribution in [0.4, 0.5) is 4.39 Å². The summed E-state index contributed by atoms with van der Waals surface area (Å²) in [4.78, 5) is 4.63. The number of benzene rings is 2. The molecule has 5 nitrogen and oxygen atoms in total. The predicted molar refractivity (Wildman–Crippen MR) is 137 cm³/mol. The van der Waals surface area contributed by atoms with Gasteiger partial charge in [0.05, 0.1) is 25.9 Å². The number of hydrogen-bond acceptors (Lipinski definition) is 4. The van der Waals surface area contributed by atoms with Gasteiger partial charge in [-0.2, -0.15) is 0 Å². The number of halogens is 1. The lowest BCUT2D eigenvalue weighted by molar-refractivity contribution is -0.959. The van der Waals surface area contributed by atoms with Crippen LogP contribution in [-0.4, -0.2) is 35.2 Å². The highest BCUT2D eigenvalue weighted by Crippen LogP contribution is 2.42. The molecule has 4 aliphatic rings. The molecular weight excluding hydrogens is 467 g/mol. The number of aromatic nitrogens is 1. The van der Waals surface area contributed by atoms with E-state index in [2.05, 4.69) is 4.98 Å². The first-order chi connectivity index (χ1) is 18.1. The van der Waals surface area contributed by atoms with Gasteiger partial charge in [-0.05, 0) is 23.1 Å². The molecule has 6 heteroatoms. The number of piperidine rings is 3. The third-order valence-corrected chi connectivity index (χ3v) is 9.20. The van der Waals surface area contributed by atoms with Crippen molar-refractivity contribution in [3.05, 3.63) is 89.4 Å². The van der Waals surface area contributed by atoms with E-state index in [1.165, 1.54) is 12.5 Å². The predicted octanol–water partition coefficient (Wildman–Crippen LogP) is 5.32. The lowest BCUT2D eigenvalue weighted by atomic mass is 9.73. The summed E-state index contributed by atoms with van der Waals surface area (Å²) in [5, 5.41) is 14.6. The SMILES string of the molecule is [O-][C@](c1ccccc1)(c1ncc(C[N+]23CCC(CC2)[C@@H](OCc2ccccc2F)C3)o1)C1CCCCC1. The van der Waals surface area contributed by atoms with Crippen LogP contribution >= 0.6 is 0 Å². The highest BCUT2D eigenvalue weighted by molar-refractivity contribution is 5.29. The molecule has 196 valence electrons. The summed E-state index contributed by atoms with van der Waals surface area (Å²) in [6.07, 6.45) is 9.29. The van der Waals surface area contributed by atoms with Gasteiger partial charge in [-0.15, -0.1) is 0 Å². The molecule has 7 rings (SSSR count). The molecule has 3 aromatic rings. The van der Waals surface area contributed by atoms with E-state index in [4.69, 9.17) is 9.15 Å². The van der Waals surface area contributed by atoms with E-state index in [9.17, 15) is 9.50 Å². The lowest BCUT2D eigenvalue weighted by Gasteiger charge is -2.52. The molecule has 0 amide bonds. The number of nitrogens with zero attached hydrogens (tertiary/aromatic N) is 2. The molecule has 2 bridgehead atoms. The summed E-state index contributed by atoms with van der Waals surface area (Å²) in [5.41, 5.74) is -0.0937. The Hall–Kier alpha value is -2.54. The topological polar surface area (TPSA) is 58.3 Å². The van der Waals surface area contributed by atoms with E-state index in [0.717, 1.165) is 80.5 Å². The summed E-state index contributed by atoms with van der Waals surface area (Å²) in [5.74, 6) is 1.41. The van der Waals surface area contributed by atoms with Gasteiger partial charge < -0.3 is 18.7 Å². The fraction of sp³-hybridized carbons (Fsp3) is 0.516. The number of fused-ring (bicyclic) bond motifs is 3. The maximum atomic E-state index is 14.6. The van der Waals surface area contributed by atoms with Gasteiger partial charge in [-0.3, -0.25) is 0 Å². The van der Waals surface area contributed by atoms with Crippen LogP contribution in [0.2, 0.25) is 0 Å². The Morgan fingerprint density at radius 1 is 0.973 bits per heavy atom. The van der Waals surface area contributed by atoms with Crippen molar-refractivity contribution in [2.24, 2.45) is 11.8 Å². The molecule has 0 radical (unpaired) electrons. The monoisotopic (exact) mass is 504 g/mol. The maximum Gasteiger partial charge on any atom is 0.188 e. The van der Waals surface area contributed by atoms with Crippen LogP contribution in [0.1, 0.15) is 67.7 Å². The Morgan fingerprint density at radius 2 is 1.70 bits per heavy atom. The zero-order valence-electron chi connectivity index (χ0n) is 21.5. The Kier molecular flexibility index (Phi) is 6.91. The van der Waals surface area contributed by atoms with Gasteiger partial charge in [0.2, 0.25) is 0 Å². The Balaban J connectivity index is 1.20. The summed E-state index contributed by atoms with van der Waals surface area (Å²) < 4.78 is 27.6. The highest BCUT2D eigenvalue weighted by atomic mass is 19.1. The first kappa shape index (κ1) is 24.8. The molecule has 4 heterocycles. The number of hydrogen-bond donors (Lipinski definition) is 0. The smallest absolute Gasteiger partial charge is 0.188 e. The summed E-state index contributed by atoms with van der Waals surface area (Å²) >= 11 is 0. The Bertz CT molecular complexity index is 1180. The molecule has 0 unspecified atom stereocenters. The van der Waals surface area contributed by atoms with Crippen molar-refractivity contribution in [2.45, 2.75) is 69.8 Å². The van der Waals surface area contributed by atoms with E-state index in [0.29, 0.717) is 24.0 Å². The molecule has 1 aromatic heterocycles. The van der Waals surface area contributed by atoms with Gasteiger partial charge in [0.15, 0.2) is 11.7 Å². The minimum Gasteiger partial charge on any atom is -0.839 e. The van der Waals surface area contributed by atoms with Crippen LogP contribution in [0.25, 0.3) is 0 Å². The number of rotatable bonds is 8. The van der Waals surface area contributed by atoms with Gasteiger partial charge in [-0.25, -0.2) is 9.37 Å². The second-order valence-electron chi connectivity index (χ2n) is 11.5. The van der Waals surface area contributed by atoms with E-state index in [1.807, 2.05) is 36.4 Å². The van der Waals surface area contributed by atoms with Crippen molar-refractivity contribution in [3.8, 4) is 0 Å². The van der Waals surface area contributed by atoms with Gasteiger partial charge in [0.25, 0.3) is 0 Å².